The van der Waals surface area contributed by atoms with Gasteiger partial charge in [-0.3, -0.25) is 14.5 Å². The van der Waals surface area contributed by atoms with Crippen molar-refractivity contribution < 1.29 is 19.1 Å². The van der Waals surface area contributed by atoms with Gasteiger partial charge in [-0.1, -0.05) is 30.3 Å². The summed E-state index contributed by atoms with van der Waals surface area (Å²) in [6.07, 6.45) is 2.41. The fraction of sp³-hybridized carbons (Fsp3) is 0.423. The lowest BCUT2D eigenvalue weighted by molar-refractivity contribution is -0.141. The zero-order valence-electron chi connectivity index (χ0n) is 20.0. The van der Waals surface area contributed by atoms with Crippen molar-refractivity contribution in [3.05, 3.63) is 60.2 Å². The molecule has 1 heterocycles. The van der Waals surface area contributed by atoms with E-state index in [0.29, 0.717) is 11.4 Å². The van der Waals surface area contributed by atoms with E-state index < -0.39 is 12.2 Å². The van der Waals surface area contributed by atoms with E-state index in [0.717, 1.165) is 31.2 Å². The first-order chi connectivity index (χ1) is 16.9. The number of anilines is 1. The summed E-state index contributed by atoms with van der Waals surface area (Å²) in [5.74, 6) is 0.141. The number of ether oxygens (including phenoxy) is 1. The summed E-state index contributed by atoms with van der Waals surface area (Å²) in [5, 5.41) is 5.90. The second-order valence-corrected chi connectivity index (χ2v) is 9.10. The monoisotopic (exact) mass is 479 g/mol. The van der Waals surface area contributed by atoms with E-state index in [1.165, 1.54) is 9.80 Å². The molecule has 2 fully saturated rings. The predicted molar refractivity (Wildman–Crippen MR) is 133 cm³/mol. The summed E-state index contributed by atoms with van der Waals surface area (Å²) < 4.78 is 5.16. The fourth-order valence-electron chi connectivity index (χ4n) is 4.67. The highest BCUT2D eigenvalue weighted by molar-refractivity contribution is 5.96. The molecule has 0 bridgehead atoms. The van der Waals surface area contributed by atoms with Crippen LogP contribution in [0.3, 0.4) is 0 Å². The molecule has 9 heteroatoms. The Balaban J connectivity index is 1.50. The maximum Gasteiger partial charge on any atom is 0.323 e. The molecule has 1 saturated carbocycles. The Labute approximate surface area is 205 Å². The summed E-state index contributed by atoms with van der Waals surface area (Å²) in [5.41, 5.74) is 7.44. The molecule has 2 aromatic rings. The second kappa shape index (κ2) is 11.2. The topological polar surface area (TPSA) is 117 Å². The Bertz CT molecular complexity index is 1020. The summed E-state index contributed by atoms with van der Waals surface area (Å²) >= 11 is 0. The van der Waals surface area contributed by atoms with Gasteiger partial charge in [0.15, 0.2) is 6.17 Å². The Morgan fingerprint density at radius 3 is 2.26 bits per heavy atom. The van der Waals surface area contributed by atoms with Crippen LogP contribution in [-0.2, 0) is 16.0 Å². The number of carbonyl (C=O) groups is 3. The van der Waals surface area contributed by atoms with Gasteiger partial charge in [-0.15, -0.1) is 0 Å². The zero-order chi connectivity index (χ0) is 24.8. The second-order valence-electron chi connectivity index (χ2n) is 9.10. The van der Waals surface area contributed by atoms with Crippen molar-refractivity contribution in [2.24, 2.45) is 5.73 Å². The summed E-state index contributed by atoms with van der Waals surface area (Å²) in [6, 6.07) is 16.0. The number of hydrogen-bond acceptors (Lipinski definition) is 5. The van der Waals surface area contributed by atoms with Crippen molar-refractivity contribution in [2.75, 3.05) is 25.5 Å². The molecule has 1 atom stereocenters. The van der Waals surface area contributed by atoms with Crippen LogP contribution in [0.25, 0.3) is 0 Å². The lowest BCUT2D eigenvalue weighted by Crippen LogP contribution is -2.57. The third-order valence-electron chi connectivity index (χ3n) is 6.65. The van der Waals surface area contributed by atoms with Gasteiger partial charge in [0.1, 0.15) is 5.75 Å². The summed E-state index contributed by atoms with van der Waals surface area (Å²) in [4.78, 5) is 42.8. The molecule has 1 aliphatic carbocycles. The van der Waals surface area contributed by atoms with Gasteiger partial charge in [-0.2, -0.15) is 0 Å². The molecule has 186 valence electrons. The fourth-order valence-corrected chi connectivity index (χ4v) is 4.67. The van der Waals surface area contributed by atoms with Crippen molar-refractivity contribution >= 4 is 23.5 Å². The molecule has 0 aromatic heterocycles. The molecule has 35 heavy (non-hydrogen) atoms. The Kier molecular flexibility index (Phi) is 7.87. The smallest absolute Gasteiger partial charge is 0.323 e. The highest BCUT2D eigenvalue weighted by Gasteiger charge is 2.43. The van der Waals surface area contributed by atoms with E-state index in [9.17, 15) is 14.4 Å². The van der Waals surface area contributed by atoms with Crippen molar-refractivity contribution in [3.8, 4) is 5.75 Å². The largest absolute Gasteiger partial charge is 0.497 e. The standard InChI is InChI=1S/C26H33N5O4/c1-35-22-13-11-21(12-14-22)29-26(34)31-16-15-30(23(32)17-18-5-3-2-4-6-18)25(31)24(33)28-20-9-7-19(27)8-10-20/h2-6,11-14,19-20,25H,7-10,15-17,27H2,1H3,(H,28,33)(H,29,34). The van der Waals surface area contributed by atoms with E-state index in [2.05, 4.69) is 10.6 Å². The first kappa shape index (κ1) is 24.5. The molecule has 0 radical (unpaired) electrons. The van der Waals surface area contributed by atoms with Crippen molar-refractivity contribution in [1.82, 2.24) is 15.1 Å². The molecular formula is C26H33N5O4. The van der Waals surface area contributed by atoms with Crippen LogP contribution < -0.4 is 21.1 Å². The minimum atomic E-state index is -1.01. The van der Waals surface area contributed by atoms with Gasteiger partial charge in [0, 0.05) is 30.9 Å². The van der Waals surface area contributed by atoms with E-state index in [1.807, 2.05) is 30.3 Å². The van der Waals surface area contributed by atoms with Crippen LogP contribution >= 0.6 is 0 Å². The zero-order valence-corrected chi connectivity index (χ0v) is 20.0. The third-order valence-corrected chi connectivity index (χ3v) is 6.65. The molecule has 1 aliphatic heterocycles. The van der Waals surface area contributed by atoms with Gasteiger partial charge < -0.3 is 26.0 Å². The van der Waals surface area contributed by atoms with Gasteiger partial charge in [0.05, 0.1) is 13.5 Å². The normalized spacial score (nSPS) is 21.9. The summed E-state index contributed by atoms with van der Waals surface area (Å²) in [7, 11) is 1.57. The average Bonchev–Trinajstić information content (AvgIpc) is 3.32. The van der Waals surface area contributed by atoms with Crippen molar-refractivity contribution in [1.29, 1.82) is 0 Å². The van der Waals surface area contributed by atoms with Gasteiger partial charge in [-0.05, 0) is 55.5 Å². The van der Waals surface area contributed by atoms with Gasteiger partial charge in [-0.25, -0.2) is 4.79 Å². The number of hydrogen-bond donors (Lipinski definition) is 3. The van der Waals surface area contributed by atoms with Gasteiger partial charge in [0.2, 0.25) is 5.91 Å². The number of rotatable bonds is 6. The van der Waals surface area contributed by atoms with Gasteiger partial charge in [0.25, 0.3) is 5.91 Å². The third kappa shape index (κ3) is 6.10. The molecule has 1 unspecified atom stereocenters. The van der Waals surface area contributed by atoms with Crippen molar-refractivity contribution in [3.63, 3.8) is 0 Å². The SMILES string of the molecule is COc1ccc(NC(=O)N2CCN(C(=O)Cc3ccccc3)C2C(=O)NC2CCC(N)CC2)cc1. The highest BCUT2D eigenvalue weighted by atomic mass is 16.5. The molecule has 0 spiro atoms. The van der Waals surface area contributed by atoms with Crippen LogP contribution in [0, 0.1) is 0 Å². The van der Waals surface area contributed by atoms with E-state index in [-0.39, 0.29) is 43.4 Å². The van der Waals surface area contributed by atoms with E-state index >= 15 is 0 Å². The molecule has 1 saturated heterocycles. The molecule has 9 nitrogen and oxygen atoms in total. The molecule has 2 aromatic carbocycles. The molecule has 4 rings (SSSR count). The maximum absolute atomic E-state index is 13.4. The van der Waals surface area contributed by atoms with Crippen molar-refractivity contribution in [2.45, 2.75) is 50.4 Å². The number of methoxy groups -OCH3 is 1. The molecule has 2 aliphatic rings. The number of carbonyl (C=O) groups excluding carboxylic acids is 3. The van der Waals surface area contributed by atoms with Crippen LogP contribution in [0.2, 0.25) is 0 Å². The number of nitrogens with two attached hydrogens (primary N) is 1. The van der Waals surface area contributed by atoms with Crippen LogP contribution in [0.5, 0.6) is 5.75 Å². The minimum absolute atomic E-state index is 0.0134. The maximum atomic E-state index is 13.4. The first-order valence-corrected chi connectivity index (χ1v) is 12.1. The first-order valence-electron chi connectivity index (χ1n) is 12.1. The minimum Gasteiger partial charge on any atom is -0.497 e. The number of benzene rings is 2. The Hall–Kier alpha value is -3.59. The number of amides is 4. The van der Waals surface area contributed by atoms with Crippen LogP contribution in [0.4, 0.5) is 10.5 Å². The quantitative estimate of drug-likeness (QED) is 0.588. The highest BCUT2D eigenvalue weighted by Crippen LogP contribution is 2.22. The number of nitrogens with one attached hydrogen (secondary N) is 2. The molecule has 4 amide bonds. The van der Waals surface area contributed by atoms with Crippen LogP contribution in [-0.4, -0.2) is 66.1 Å². The Morgan fingerprint density at radius 2 is 1.60 bits per heavy atom. The Morgan fingerprint density at radius 1 is 0.943 bits per heavy atom. The van der Waals surface area contributed by atoms with Crippen LogP contribution in [0.1, 0.15) is 31.2 Å². The summed E-state index contributed by atoms with van der Waals surface area (Å²) in [6.45, 7) is 0.547. The lowest BCUT2D eigenvalue weighted by atomic mass is 9.92. The predicted octanol–water partition coefficient (Wildman–Crippen LogP) is 2.33. The van der Waals surface area contributed by atoms with Crippen LogP contribution in [0.15, 0.2) is 54.6 Å². The average molecular weight is 480 g/mol. The molecular weight excluding hydrogens is 446 g/mol. The lowest BCUT2D eigenvalue weighted by Gasteiger charge is -2.32. The van der Waals surface area contributed by atoms with Gasteiger partial charge >= 0.3 is 6.03 Å². The number of urea groups is 1. The molecule has 4 N–H and O–H groups in total. The van der Waals surface area contributed by atoms with E-state index in [1.54, 1.807) is 31.4 Å². The number of nitrogens with zero attached hydrogens (tertiary/aromatic N) is 2. The van der Waals surface area contributed by atoms with E-state index in [4.69, 9.17) is 10.5 Å².